The number of benzene rings is 1. The number of hydrogen-bond donors (Lipinski definition) is 1. The molecule has 0 aliphatic carbocycles. The molecule has 0 unspecified atom stereocenters. The molecule has 0 fully saturated rings. The molecule has 14 heavy (non-hydrogen) atoms. The summed E-state index contributed by atoms with van der Waals surface area (Å²) in [4.78, 5) is 0. The van der Waals surface area contributed by atoms with E-state index in [0.29, 0.717) is 5.58 Å². The van der Waals surface area contributed by atoms with E-state index in [9.17, 15) is 8.42 Å². The minimum atomic E-state index is -4.02. The van der Waals surface area contributed by atoms with E-state index in [1.165, 1.54) is 6.07 Å². The third-order valence-corrected chi connectivity index (χ3v) is 2.00. The molecule has 2 aromatic rings. The van der Waals surface area contributed by atoms with Crippen LogP contribution in [0.25, 0.3) is 11.0 Å². The van der Waals surface area contributed by atoms with E-state index in [2.05, 4.69) is 9.32 Å². The molecular weight excluding hydrogens is 206 g/mol. The minimum absolute atomic E-state index is 0.131. The zero-order chi connectivity index (χ0) is 10.2. The molecule has 74 valence electrons. The fraction of sp³-hybridized carbons (Fsp3) is 0. The van der Waals surface area contributed by atoms with Crippen molar-refractivity contribution >= 4 is 21.3 Å². The lowest BCUT2D eigenvalue weighted by atomic mass is 10.3. The predicted octanol–water partition coefficient (Wildman–Crippen LogP) is 1.02. The molecule has 5 nitrogen and oxygen atoms in total. The summed E-state index contributed by atoms with van der Waals surface area (Å²) in [6.07, 6.45) is 0. The summed E-state index contributed by atoms with van der Waals surface area (Å²) in [5, 5.41) is 5.44. The molecule has 0 aliphatic rings. The fourth-order valence-electron chi connectivity index (χ4n) is 1.11. The molecule has 0 saturated heterocycles. The van der Waals surface area contributed by atoms with Crippen molar-refractivity contribution in [2.75, 3.05) is 0 Å². The van der Waals surface area contributed by atoms with Crippen LogP contribution in [-0.4, -0.2) is 8.42 Å². The van der Waals surface area contributed by atoms with Crippen LogP contribution in [0.3, 0.4) is 0 Å². The van der Waals surface area contributed by atoms with Gasteiger partial charge in [0.15, 0.2) is 0 Å². The monoisotopic (exact) mass is 213 g/mol. The summed E-state index contributed by atoms with van der Waals surface area (Å²) in [5.41, 5.74) is 0.547. The van der Waals surface area contributed by atoms with Crippen molar-refractivity contribution in [1.29, 1.82) is 0 Å². The van der Waals surface area contributed by atoms with Gasteiger partial charge in [-0.3, -0.25) is 0 Å². The Kier molecular flexibility index (Phi) is 1.94. The Hall–Kier alpha value is -1.53. The van der Waals surface area contributed by atoms with E-state index >= 15 is 0 Å². The van der Waals surface area contributed by atoms with E-state index in [1.54, 1.807) is 24.3 Å². The summed E-state index contributed by atoms with van der Waals surface area (Å²) in [6.45, 7) is 0. The van der Waals surface area contributed by atoms with Crippen LogP contribution in [0.4, 0.5) is 0 Å². The number of fused-ring (bicyclic) bond motifs is 1. The molecule has 1 aromatic heterocycles. The van der Waals surface area contributed by atoms with Gasteiger partial charge < -0.3 is 8.60 Å². The SMILES string of the molecule is NS(=O)(=O)Oc1cc2ccccc2o1. The summed E-state index contributed by atoms with van der Waals surface area (Å²) < 4.78 is 30.6. The van der Waals surface area contributed by atoms with Crippen LogP contribution in [0.5, 0.6) is 5.95 Å². The highest BCUT2D eigenvalue weighted by atomic mass is 32.2. The first-order valence-electron chi connectivity index (χ1n) is 3.75. The lowest BCUT2D eigenvalue weighted by molar-refractivity contribution is 0.398. The van der Waals surface area contributed by atoms with E-state index in [-0.39, 0.29) is 5.95 Å². The second-order valence-electron chi connectivity index (χ2n) is 2.68. The molecular formula is C8H7NO4S. The molecule has 2 N–H and O–H groups in total. The molecule has 0 spiro atoms. The topological polar surface area (TPSA) is 82.5 Å². The van der Waals surface area contributed by atoms with Crippen LogP contribution in [-0.2, 0) is 10.3 Å². The Morgan fingerprint density at radius 1 is 1.29 bits per heavy atom. The van der Waals surface area contributed by atoms with E-state index < -0.39 is 10.3 Å². The summed E-state index contributed by atoms with van der Waals surface area (Å²) in [5.74, 6) is -0.131. The maximum atomic E-state index is 10.6. The van der Waals surface area contributed by atoms with Crippen molar-refractivity contribution in [3.05, 3.63) is 30.3 Å². The zero-order valence-electron chi connectivity index (χ0n) is 7.01. The van der Waals surface area contributed by atoms with Gasteiger partial charge in [-0.25, -0.2) is 0 Å². The van der Waals surface area contributed by atoms with Gasteiger partial charge in [0.2, 0.25) is 0 Å². The number of para-hydroxylation sites is 1. The molecule has 1 heterocycles. The van der Waals surface area contributed by atoms with Gasteiger partial charge in [0.25, 0.3) is 0 Å². The van der Waals surface area contributed by atoms with Crippen LogP contribution < -0.4 is 9.32 Å². The van der Waals surface area contributed by atoms with Crippen LogP contribution in [0.15, 0.2) is 34.7 Å². The van der Waals surface area contributed by atoms with Gasteiger partial charge in [-0.15, -0.1) is 0 Å². The zero-order valence-corrected chi connectivity index (χ0v) is 7.82. The summed E-state index contributed by atoms with van der Waals surface area (Å²) >= 11 is 0. The molecule has 0 aliphatic heterocycles. The average Bonchev–Trinajstić information content (AvgIpc) is 2.42. The standard InChI is InChI=1S/C8H7NO4S/c9-14(10,11)13-8-5-6-3-1-2-4-7(6)12-8/h1-5H,(H2,9,10,11). The largest absolute Gasteiger partial charge is 0.425 e. The van der Waals surface area contributed by atoms with Crippen molar-refractivity contribution in [3.8, 4) is 5.95 Å². The average molecular weight is 213 g/mol. The quantitative estimate of drug-likeness (QED) is 0.807. The van der Waals surface area contributed by atoms with Crippen molar-refractivity contribution in [1.82, 2.24) is 0 Å². The fourth-order valence-corrected chi connectivity index (χ4v) is 1.42. The molecule has 0 saturated carbocycles. The smallest absolute Gasteiger partial charge is 0.382 e. The first-order valence-corrected chi connectivity index (χ1v) is 5.22. The minimum Gasteiger partial charge on any atom is -0.425 e. The van der Waals surface area contributed by atoms with Crippen LogP contribution in [0, 0.1) is 0 Å². The number of rotatable bonds is 2. The van der Waals surface area contributed by atoms with Gasteiger partial charge in [-0.05, 0) is 6.07 Å². The first kappa shape index (κ1) is 9.04. The molecule has 0 atom stereocenters. The third kappa shape index (κ3) is 1.86. The molecule has 2 rings (SSSR count). The Bertz CT molecular complexity index is 524. The lowest BCUT2D eigenvalue weighted by Crippen LogP contribution is -2.18. The molecule has 6 heteroatoms. The molecule has 0 amide bonds. The molecule has 1 aromatic carbocycles. The Balaban J connectivity index is 2.46. The van der Waals surface area contributed by atoms with Crippen LogP contribution in [0.2, 0.25) is 0 Å². The Labute approximate surface area is 80.3 Å². The summed E-state index contributed by atoms with van der Waals surface area (Å²) in [7, 11) is -4.02. The molecule has 0 bridgehead atoms. The van der Waals surface area contributed by atoms with Crippen molar-refractivity contribution < 1.29 is 17.0 Å². The van der Waals surface area contributed by atoms with Crippen molar-refractivity contribution in [2.45, 2.75) is 0 Å². The predicted molar refractivity (Wildman–Crippen MR) is 49.9 cm³/mol. The van der Waals surface area contributed by atoms with E-state index in [1.807, 2.05) is 0 Å². The van der Waals surface area contributed by atoms with Gasteiger partial charge in [-0.1, -0.05) is 18.2 Å². The van der Waals surface area contributed by atoms with Gasteiger partial charge >= 0.3 is 16.3 Å². The normalized spacial score (nSPS) is 11.8. The number of hydrogen-bond acceptors (Lipinski definition) is 4. The lowest BCUT2D eigenvalue weighted by Gasteiger charge is -1.94. The van der Waals surface area contributed by atoms with E-state index in [4.69, 9.17) is 4.42 Å². The Morgan fingerprint density at radius 3 is 2.64 bits per heavy atom. The van der Waals surface area contributed by atoms with Gasteiger partial charge in [-0.2, -0.15) is 13.6 Å². The third-order valence-electron chi connectivity index (χ3n) is 1.60. The second kappa shape index (κ2) is 3.00. The first-order chi connectivity index (χ1) is 6.54. The highest BCUT2D eigenvalue weighted by Crippen LogP contribution is 2.24. The maximum Gasteiger partial charge on any atom is 0.382 e. The van der Waals surface area contributed by atoms with Gasteiger partial charge in [0.1, 0.15) is 5.58 Å². The number of nitrogens with two attached hydrogens (primary N) is 1. The van der Waals surface area contributed by atoms with Gasteiger partial charge in [0, 0.05) is 11.5 Å². The highest BCUT2D eigenvalue weighted by molar-refractivity contribution is 7.84. The second-order valence-corrected chi connectivity index (χ2v) is 3.83. The van der Waals surface area contributed by atoms with Crippen LogP contribution >= 0.6 is 0 Å². The van der Waals surface area contributed by atoms with Crippen molar-refractivity contribution in [2.24, 2.45) is 5.14 Å². The van der Waals surface area contributed by atoms with Crippen molar-refractivity contribution in [3.63, 3.8) is 0 Å². The Morgan fingerprint density at radius 2 is 2.00 bits per heavy atom. The maximum absolute atomic E-state index is 10.6. The molecule has 0 radical (unpaired) electrons. The van der Waals surface area contributed by atoms with E-state index in [0.717, 1.165) is 5.39 Å². The summed E-state index contributed by atoms with van der Waals surface area (Å²) in [6, 6.07) is 8.51. The van der Waals surface area contributed by atoms with Gasteiger partial charge in [0.05, 0.1) is 0 Å². The van der Waals surface area contributed by atoms with Crippen LogP contribution in [0.1, 0.15) is 0 Å². The highest BCUT2D eigenvalue weighted by Gasteiger charge is 2.09. The number of furan rings is 1.